The van der Waals surface area contributed by atoms with Crippen LogP contribution < -0.4 is 10.6 Å². The highest BCUT2D eigenvalue weighted by Crippen LogP contribution is 2.37. The number of piperazine rings is 1. The van der Waals surface area contributed by atoms with E-state index in [0.29, 0.717) is 11.4 Å². The first-order chi connectivity index (χ1) is 9.69. The van der Waals surface area contributed by atoms with Crippen LogP contribution in [0.5, 0.6) is 0 Å². The molecule has 1 fully saturated rings. The normalized spacial score (nSPS) is 19.9. The second kappa shape index (κ2) is 5.73. The molecule has 1 aromatic rings. The Balaban J connectivity index is 2.39. The van der Waals surface area contributed by atoms with Crippen LogP contribution in [0.3, 0.4) is 0 Å². The highest BCUT2D eigenvalue weighted by atomic mass is 32.2. The molecule has 1 aliphatic heterocycles. The van der Waals surface area contributed by atoms with Crippen molar-refractivity contribution in [2.24, 2.45) is 0 Å². The Morgan fingerprint density at radius 2 is 2.05 bits per heavy atom. The molecule has 21 heavy (non-hydrogen) atoms. The molecule has 8 heteroatoms. The van der Waals surface area contributed by atoms with Crippen molar-refractivity contribution < 1.29 is 8.42 Å². The number of anilines is 2. The van der Waals surface area contributed by atoms with Crippen molar-refractivity contribution in [1.82, 2.24) is 9.27 Å². The Kier molecular flexibility index (Phi) is 4.51. The molecule has 0 bridgehead atoms. The molecule has 0 unspecified atom stereocenters. The molecule has 0 spiro atoms. The Hall–Kier alpha value is -0.860. The van der Waals surface area contributed by atoms with Crippen molar-refractivity contribution in [1.29, 1.82) is 0 Å². The maximum Gasteiger partial charge on any atom is 0.185 e. The van der Waals surface area contributed by atoms with E-state index in [-0.39, 0.29) is 22.0 Å². The number of hydrogen-bond donors (Lipinski definition) is 1. The lowest BCUT2D eigenvalue weighted by molar-refractivity contribution is 0.139. The predicted molar refractivity (Wildman–Crippen MR) is 87.8 cm³/mol. The molecule has 2 rings (SSSR count). The molecule has 0 saturated carbocycles. The van der Waals surface area contributed by atoms with Gasteiger partial charge in [-0.15, -0.1) is 0 Å². The summed E-state index contributed by atoms with van der Waals surface area (Å²) in [6.45, 7) is 8.60. The quantitative estimate of drug-likeness (QED) is 0.899. The number of likely N-dealkylation sites (N-methyl/N-ethyl adjacent to an activating group) is 1. The van der Waals surface area contributed by atoms with Gasteiger partial charge >= 0.3 is 0 Å². The maximum atomic E-state index is 12.5. The van der Waals surface area contributed by atoms with Crippen LogP contribution >= 0.6 is 11.5 Å². The fourth-order valence-corrected chi connectivity index (χ4v) is 5.35. The summed E-state index contributed by atoms with van der Waals surface area (Å²) in [5.74, 6) is 0.250. The van der Waals surface area contributed by atoms with Crippen molar-refractivity contribution in [2.45, 2.75) is 37.6 Å². The maximum absolute atomic E-state index is 12.5. The predicted octanol–water partition coefficient (Wildman–Crippen LogP) is 1.44. The van der Waals surface area contributed by atoms with Crippen LogP contribution in [0.2, 0.25) is 0 Å². The summed E-state index contributed by atoms with van der Waals surface area (Å²) < 4.78 is 29.0. The van der Waals surface area contributed by atoms with E-state index < -0.39 is 9.84 Å². The van der Waals surface area contributed by atoms with Crippen molar-refractivity contribution in [3.05, 3.63) is 0 Å². The van der Waals surface area contributed by atoms with Crippen LogP contribution in [0.1, 0.15) is 27.2 Å². The van der Waals surface area contributed by atoms with E-state index in [0.717, 1.165) is 19.6 Å². The first-order valence-corrected chi connectivity index (χ1v) is 9.55. The Labute approximate surface area is 131 Å². The number of sulfone groups is 1. The highest BCUT2D eigenvalue weighted by molar-refractivity contribution is 7.91. The van der Waals surface area contributed by atoms with E-state index in [4.69, 9.17) is 5.73 Å². The first kappa shape index (κ1) is 16.5. The summed E-state index contributed by atoms with van der Waals surface area (Å²) in [7, 11) is -1.27. The van der Waals surface area contributed by atoms with Crippen molar-refractivity contribution in [2.75, 3.05) is 43.1 Å². The zero-order valence-corrected chi connectivity index (χ0v) is 14.7. The molecule has 2 N–H and O–H groups in total. The fourth-order valence-electron chi connectivity index (χ4n) is 2.56. The lowest BCUT2D eigenvalue weighted by atomic mass is 10.00. The van der Waals surface area contributed by atoms with Crippen LogP contribution in [-0.2, 0) is 9.84 Å². The number of nitrogen functional groups attached to an aromatic ring is 1. The molecule has 1 saturated heterocycles. The number of hydrogen-bond acceptors (Lipinski definition) is 7. The van der Waals surface area contributed by atoms with Gasteiger partial charge in [0.25, 0.3) is 0 Å². The average molecular weight is 332 g/mol. The molecule has 1 aromatic heterocycles. The molecule has 0 aliphatic carbocycles. The summed E-state index contributed by atoms with van der Waals surface area (Å²) in [6, 6.07) is 0. The van der Waals surface area contributed by atoms with Gasteiger partial charge in [-0.3, -0.25) is 4.90 Å². The van der Waals surface area contributed by atoms with Crippen LogP contribution in [0.15, 0.2) is 4.90 Å². The van der Waals surface area contributed by atoms with Gasteiger partial charge in [0.1, 0.15) is 9.90 Å². The van der Waals surface area contributed by atoms with Gasteiger partial charge in [0, 0.05) is 25.2 Å². The van der Waals surface area contributed by atoms with Gasteiger partial charge in [0.2, 0.25) is 0 Å². The second-order valence-corrected chi connectivity index (χ2v) is 8.97. The molecule has 0 atom stereocenters. The third kappa shape index (κ3) is 3.17. The van der Waals surface area contributed by atoms with Gasteiger partial charge in [0.05, 0.1) is 5.75 Å². The lowest BCUT2D eigenvalue weighted by Gasteiger charge is -2.45. The Bertz CT molecular complexity index is 610. The SMILES string of the molecule is CCCS(=O)(=O)c1c(N)nsc1N1CCN(C)C(C)(C)C1. The van der Waals surface area contributed by atoms with E-state index in [1.807, 2.05) is 6.92 Å². The van der Waals surface area contributed by atoms with Gasteiger partial charge in [-0.2, -0.15) is 4.37 Å². The minimum atomic E-state index is -3.36. The molecule has 0 aromatic carbocycles. The molecular formula is C13H24N4O2S2. The zero-order valence-electron chi connectivity index (χ0n) is 13.1. The third-order valence-electron chi connectivity index (χ3n) is 4.04. The smallest absolute Gasteiger partial charge is 0.185 e. The Morgan fingerprint density at radius 1 is 1.38 bits per heavy atom. The fraction of sp³-hybridized carbons (Fsp3) is 0.769. The van der Waals surface area contributed by atoms with Crippen LogP contribution in [0.4, 0.5) is 10.8 Å². The monoisotopic (exact) mass is 332 g/mol. The number of rotatable bonds is 4. The number of nitrogens with two attached hydrogens (primary N) is 1. The zero-order chi connectivity index (χ0) is 15.8. The lowest BCUT2D eigenvalue weighted by Crippen LogP contribution is -2.57. The first-order valence-electron chi connectivity index (χ1n) is 7.13. The van der Waals surface area contributed by atoms with Gasteiger partial charge in [-0.05, 0) is 38.8 Å². The van der Waals surface area contributed by atoms with E-state index >= 15 is 0 Å². The van der Waals surface area contributed by atoms with Crippen molar-refractivity contribution in [3.8, 4) is 0 Å². The minimum Gasteiger partial charge on any atom is -0.382 e. The van der Waals surface area contributed by atoms with Gasteiger partial charge in [-0.1, -0.05) is 6.92 Å². The summed E-state index contributed by atoms with van der Waals surface area (Å²) >= 11 is 1.19. The summed E-state index contributed by atoms with van der Waals surface area (Å²) in [6.07, 6.45) is 0.575. The van der Waals surface area contributed by atoms with Crippen LogP contribution in [0, 0.1) is 0 Å². The largest absolute Gasteiger partial charge is 0.382 e. The summed E-state index contributed by atoms with van der Waals surface area (Å²) in [4.78, 5) is 4.62. The standard InChI is InChI=1S/C13H24N4O2S2/c1-5-8-21(18,19)10-11(14)15-20-12(10)17-7-6-16(4)13(2,3)9-17/h5-9H2,1-4H3,(H2,14,15). The average Bonchev–Trinajstić information content (AvgIpc) is 2.75. The van der Waals surface area contributed by atoms with Crippen LogP contribution in [-0.4, -0.2) is 55.7 Å². The van der Waals surface area contributed by atoms with E-state index in [1.165, 1.54) is 11.5 Å². The van der Waals surface area contributed by atoms with Crippen molar-refractivity contribution in [3.63, 3.8) is 0 Å². The molecular weight excluding hydrogens is 308 g/mol. The van der Waals surface area contributed by atoms with Gasteiger partial charge in [-0.25, -0.2) is 8.42 Å². The van der Waals surface area contributed by atoms with Crippen LogP contribution in [0.25, 0.3) is 0 Å². The van der Waals surface area contributed by atoms with E-state index in [2.05, 4.69) is 35.1 Å². The molecule has 0 radical (unpaired) electrons. The van der Waals surface area contributed by atoms with Crippen molar-refractivity contribution >= 4 is 32.2 Å². The number of nitrogens with zero attached hydrogens (tertiary/aromatic N) is 3. The second-order valence-electron chi connectivity index (χ2n) is 6.18. The van der Waals surface area contributed by atoms with E-state index in [9.17, 15) is 8.42 Å². The molecule has 6 nitrogen and oxygen atoms in total. The Morgan fingerprint density at radius 3 is 2.62 bits per heavy atom. The summed E-state index contributed by atoms with van der Waals surface area (Å²) in [5.41, 5.74) is 5.83. The number of aromatic nitrogens is 1. The van der Waals surface area contributed by atoms with Gasteiger partial charge in [0.15, 0.2) is 15.7 Å². The molecule has 2 heterocycles. The van der Waals surface area contributed by atoms with Gasteiger partial charge < -0.3 is 10.6 Å². The van der Waals surface area contributed by atoms with E-state index in [1.54, 1.807) is 0 Å². The third-order valence-corrected chi connectivity index (χ3v) is 7.07. The topological polar surface area (TPSA) is 79.5 Å². The summed E-state index contributed by atoms with van der Waals surface area (Å²) in [5, 5.41) is 0.696. The molecule has 120 valence electrons. The molecule has 0 amide bonds. The highest BCUT2D eigenvalue weighted by Gasteiger charge is 2.35. The molecule has 1 aliphatic rings. The minimum absolute atomic E-state index is 0.0111.